The van der Waals surface area contributed by atoms with Crippen LogP contribution in [-0.4, -0.2) is 29.6 Å². The molecule has 0 spiro atoms. The number of aryl methyl sites for hydroxylation is 1. The summed E-state index contributed by atoms with van der Waals surface area (Å²) in [5.74, 6) is 2.32. The zero-order chi connectivity index (χ0) is 20.7. The second kappa shape index (κ2) is 10.8. The monoisotopic (exact) mass is 446 g/mol. The van der Waals surface area contributed by atoms with Gasteiger partial charge in [0.25, 0.3) is 0 Å². The number of unbranched alkanes of at least 4 members (excludes halogenated alkanes) is 1. The Balaban J connectivity index is 2.47. The lowest BCUT2D eigenvalue weighted by Gasteiger charge is -2.27. The van der Waals surface area contributed by atoms with Gasteiger partial charge in [0.2, 0.25) is 5.95 Å². The highest BCUT2D eigenvalue weighted by Gasteiger charge is 2.18. The van der Waals surface area contributed by atoms with E-state index < -0.39 is 0 Å². The highest BCUT2D eigenvalue weighted by molar-refractivity contribution is 9.10. The van der Waals surface area contributed by atoms with Crippen LogP contribution in [0.2, 0.25) is 0 Å². The maximum absolute atomic E-state index is 4.97. The van der Waals surface area contributed by atoms with Crippen LogP contribution in [0.4, 0.5) is 17.5 Å². The van der Waals surface area contributed by atoms with E-state index in [4.69, 9.17) is 9.97 Å². The minimum atomic E-state index is 0.503. The van der Waals surface area contributed by atoms with Crippen LogP contribution in [0, 0.1) is 0 Å². The molecule has 0 atom stereocenters. The van der Waals surface area contributed by atoms with Crippen molar-refractivity contribution in [3.63, 3.8) is 0 Å². The van der Waals surface area contributed by atoms with Gasteiger partial charge in [-0.2, -0.15) is 4.98 Å². The summed E-state index contributed by atoms with van der Waals surface area (Å²) in [6.45, 7) is 16.0. The summed E-state index contributed by atoms with van der Waals surface area (Å²) in [7, 11) is 0. The molecule has 0 radical (unpaired) electrons. The molecule has 4 nitrogen and oxygen atoms in total. The molecule has 154 valence electrons. The summed E-state index contributed by atoms with van der Waals surface area (Å²) in [6.07, 6.45) is 3.26. The molecule has 0 unspecified atom stereocenters. The van der Waals surface area contributed by atoms with Crippen LogP contribution >= 0.6 is 15.9 Å². The van der Waals surface area contributed by atoms with Gasteiger partial charge in [-0.15, -0.1) is 0 Å². The van der Waals surface area contributed by atoms with E-state index in [0.717, 1.165) is 53.7 Å². The number of benzene rings is 1. The standard InChI is InChI=1S/C23H35BrN4/c1-7-11-14-27(9-3)22-16-19(8-2)25-23(26-22)28(10-4)21-13-12-18(17(5)6)15-20(21)24/h12-13,15-17H,7-11,14H2,1-6H3. The van der Waals surface area contributed by atoms with Gasteiger partial charge in [0, 0.05) is 35.9 Å². The molecule has 0 fully saturated rings. The maximum atomic E-state index is 4.97. The van der Waals surface area contributed by atoms with Gasteiger partial charge in [-0.05, 0) is 66.2 Å². The van der Waals surface area contributed by atoms with Crippen molar-refractivity contribution < 1.29 is 0 Å². The van der Waals surface area contributed by atoms with E-state index in [1.165, 1.54) is 18.4 Å². The van der Waals surface area contributed by atoms with Crippen LogP contribution in [0.15, 0.2) is 28.7 Å². The Bertz CT molecular complexity index is 760. The number of nitrogens with zero attached hydrogens (tertiary/aromatic N) is 4. The Hall–Kier alpha value is -1.62. The third kappa shape index (κ3) is 5.47. The minimum absolute atomic E-state index is 0.503. The minimum Gasteiger partial charge on any atom is -0.357 e. The Morgan fingerprint density at radius 2 is 1.75 bits per heavy atom. The first kappa shape index (κ1) is 22.7. The van der Waals surface area contributed by atoms with Crippen molar-refractivity contribution in [3.8, 4) is 0 Å². The van der Waals surface area contributed by atoms with E-state index in [-0.39, 0.29) is 0 Å². The summed E-state index contributed by atoms with van der Waals surface area (Å²) in [6, 6.07) is 8.75. The Labute approximate surface area is 179 Å². The molecule has 0 N–H and O–H groups in total. The van der Waals surface area contributed by atoms with Crippen molar-refractivity contribution in [2.75, 3.05) is 29.4 Å². The number of hydrogen-bond acceptors (Lipinski definition) is 4. The average molecular weight is 447 g/mol. The smallest absolute Gasteiger partial charge is 0.232 e. The Morgan fingerprint density at radius 1 is 1.00 bits per heavy atom. The van der Waals surface area contributed by atoms with Crippen LogP contribution < -0.4 is 9.80 Å². The van der Waals surface area contributed by atoms with Crippen LogP contribution in [0.1, 0.15) is 71.6 Å². The predicted octanol–water partition coefficient (Wildman–Crippen LogP) is 6.71. The summed E-state index contributed by atoms with van der Waals surface area (Å²) in [5, 5.41) is 0. The van der Waals surface area contributed by atoms with Crippen molar-refractivity contribution in [3.05, 3.63) is 40.0 Å². The van der Waals surface area contributed by atoms with Crippen molar-refractivity contribution >= 4 is 33.4 Å². The number of hydrogen-bond donors (Lipinski definition) is 0. The molecule has 0 aliphatic heterocycles. The van der Waals surface area contributed by atoms with E-state index in [1.54, 1.807) is 0 Å². The molecule has 0 saturated heterocycles. The van der Waals surface area contributed by atoms with Crippen molar-refractivity contribution in [2.24, 2.45) is 0 Å². The molecule has 1 aromatic heterocycles. The molecule has 2 aromatic rings. The first-order chi connectivity index (χ1) is 13.4. The molecular formula is C23H35BrN4. The van der Waals surface area contributed by atoms with Crippen LogP contribution in [0.25, 0.3) is 0 Å². The molecule has 5 heteroatoms. The Morgan fingerprint density at radius 3 is 2.29 bits per heavy atom. The van der Waals surface area contributed by atoms with E-state index in [0.29, 0.717) is 5.92 Å². The number of anilines is 3. The van der Waals surface area contributed by atoms with Crippen molar-refractivity contribution in [2.45, 2.75) is 66.7 Å². The zero-order valence-electron chi connectivity index (χ0n) is 18.3. The highest BCUT2D eigenvalue weighted by Crippen LogP contribution is 2.33. The second-order valence-electron chi connectivity index (χ2n) is 7.41. The van der Waals surface area contributed by atoms with Crippen molar-refractivity contribution in [1.29, 1.82) is 0 Å². The summed E-state index contributed by atoms with van der Waals surface area (Å²) < 4.78 is 1.09. The average Bonchev–Trinajstić information content (AvgIpc) is 2.70. The Kier molecular flexibility index (Phi) is 8.74. The molecule has 28 heavy (non-hydrogen) atoms. The van der Waals surface area contributed by atoms with E-state index in [1.807, 2.05) is 0 Å². The lowest BCUT2D eigenvalue weighted by atomic mass is 10.0. The normalized spacial score (nSPS) is 11.1. The van der Waals surface area contributed by atoms with Crippen LogP contribution in [-0.2, 0) is 6.42 Å². The fourth-order valence-corrected chi connectivity index (χ4v) is 3.85. The van der Waals surface area contributed by atoms with E-state index in [2.05, 4.69) is 91.5 Å². The van der Waals surface area contributed by atoms with E-state index >= 15 is 0 Å². The molecule has 1 aromatic carbocycles. The molecule has 0 saturated carbocycles. The second-order valence-corrected chi connectivity index (χ2v) is 8.27. The van der Waals surface area contributed by atoms with Gasteiger partial charge in [-0.25, -0.2) is 4.98 Å². The van der Waals surface area contributed by atoms with Gasteiger partial charge in [0.15, 0.2) is 0 Å². The lowest BCUT2D eigenvalue weighted by molar-refractivity contribution is 0.720. The number of rotatable bonds is 10. The van der Waals surface area contributed by atoms with Crippen LogP contribution in [0.5, 0.6) is 0 Å². The van der Waals surface area contributed by atoms with Gasteiger partial charge >= 0.3 is 0 Å². The predicted molar refractivity (Wildman–Crippen MR) is 125 cm³/mol. The first-order valence-electron chi connectivity index (χ1n) is 10.6. The topological polar surface area (TPSA) is 32.3 Å². The SMILES string of the molecule is CCCCN(CC)c1cc(CC)nc(N(CC)c2ccc(C(C)C)cc2Br)n1. The third-order valence-corrected chi connectivity index (χ3v) is 5.73. The lowest BCUT2D eigenvalue weighted by Crippen LogP contribution is -2.27. The summed E-state index contributed by atoms with van der Waals surface area (Å²) in [4.78, 5) is 14.4. The molecule has 0 amide bonds. The fraction of sp³-hybridized carbons (Fsp3) is 0.565. The largest absolute Gasteiger partial charge is 0.357 e. The molecule has 0 aliphatic rings. The van der Waals surface area contributed by atoms with E-state index in [9.17, 15) is 0 Å². The number of halogens is 1. The molecule has 0 aliphatic carbocycles. The molecule has 1 heterocycles. The summed E-state index contributed by atoms with van der Waals surface area (Å²) >= 11 is 3.78. The third-order valence-electron chi connectivity index (χ3n) is 5.09. The first-order valence-corrected chi connectivity index (χ1v) is 11.4. The molecule has 2 rings (SSSR count). The molecular weight excluding hydrogens is 412 g/mol. The van der Waals surface area contributed by atoms with Crippen LogP contribution in [0.3, 0.4) is 0 Å². The van der Waals surface area contributed by atoms with Gasteiger partial charge in [0.1, 0.15) is 5.82 Å². The quantitative estimate of drug-likeness (QED) is 0.405. The van der Waals surface area contributed by atoms with Gasteiger partial charge in [-0.1, -0.05) is 40.2 Å². The fourth-order valence-electron chi connectivity index (χ4n) is 3.24. The molecule has 0 bridgehead atoms. The number of aromatic nitrogens is 2. The maximum Gasteiger partial charge on any atom is 0.232 e. The highest BCUT2D eigenvalue weighted by atomic mass is 79.9. The summed E-state index contributed by atoms with van der Waals surface area (Å²) in [5.41, 5.74) is 3.53. The zero-order valence-corrected chi connectivity index (χ0v) is 19.9. The van der Waals surface area contributed by atoms with Gasteiger partial charge in [-0.3, -0.25) is 0 Å². The van der Waals surface area contributed by atoms with Gasteiger partial charge < -0.3 is 9.80 Å². The van der Waals surface area contributed by atoms with Gasteiger partial charge in [0.05, 0.1) is 5.69 Å². The van der Waals surface area contributed by atoms with Crippen molar-refractivity contribution in [1.82, 2.24) is 9.97 Å².